The molecule has 1 N–H and O–H groups in total. The van der Waals surface area contributed by atoms with Crippen molar-refractivity contribution in [2.75, 3.05) is 19.7 Å². The fourth-order valence-electron chi connectivity index (χ4n) is 2.87. The molecule has 0 aromatic heterocycles. The van der Waals surface area contributed by atoms with E-state index in [0.717, 1.165) is 19.1 Å². The lowest BCUT2D eigenvalue weighted by molar-refractivity contribution is 0.104. The Kier molecular flexibility index (Phi) is 4.94. The summed E-state index contributed by atoms with van der Waals surface area (Å²) in [5, 5.41) is 3.56. The second-order valence-corrected chi connectivity index (χ2v) is 5.11. The minimum Gasteiger partial charge on any atom is -0.378 e. The Labute approximate surface area is 93.8 Å². The maximum Gasteiger partial charge on any atom is 0.0588 e. The molecular formula is C13H25NO. The highest BCUT2D eigenvalue weighted by atomic mass is 16.5. The van der Waals surface area contributed by atoms with Gasteiger partial charge in [-0.25, -0.2) is 0 Å². The Morgan fingerprint density at radius 3 is 2.47 bits per heavy atom. The molecule has 1 aliphatic carbocycles. The van der Waals surface area contributed by atoms with Crippen molar-refractivity contribution in [3.63, 3.8) is 0 Å². The lowest BCUT2D eigenvalue weighted by Crippen LogP contribution is -2.22. The Balaban J connectivity index is 1.41. The number of nitrogens with one attached hydrogen (secondary N) is 1. The molecule has 2 fully saturated rings. The van der Waals surface area contributed by atoms with Gasteiger partial charge in [0.2, 0.25) is 0 Å². The van der Waals surface area contributed by atoms with Crippen LogP contribution in [0.3, 0.4) is 0 Å². The van der Waals surface area contributed by atoms with Crippen molar-refractivity contribution in [2.24, 2.45) is 5.92 Å². The minimum absolute atomic E-state index is 0.559. The van der Waals surface area contributed by atoms with Gasteiger partial charge < -0.3 is 10.1 Å². The van der Waals surface area contributed by atoms with E-state index in [0.29, 0.717) is 6.10 Å². The SMILES string of the molecule is C1CCC(CCNCCC2CCCO2)C1. The molecule has 1 saturated carbocycles. The molecule has 1 atom stereocenters. The van der Waals surface area contributed by atoms with Crippen molar-refractivity contribution in [3.8, 4) is 0 Å². The van der Waals surface area contributed by atoms with Crippen LogP contribution in [-0.2, 0) is 4.74 Å². The van der Waals surface area contributed by atoms with Gasteiger partial charge in [0.25, 0.3) is 0 Å². The highest BCUT2D eigenvalue weighted by molar-refractivity contribution is 4.69. The van der Waals surface area contributed by atoms with Crippen molar-refractivity contribution >= 4 is 0 Å². The summed E-state index contributed by atoms with van der Waals surface area (Å²) < 4.78 is 5.59. The topological polar surface area (TPSA) is 21.3 Å². The number of rotatable bonds is 6. The van der Waals surface area contributed by atoms with Crippen LogP contribution in [0.25, 0.3) is 0 Å². The Bertz CT molecular complexity index is 142. The van der Waals surface area contributed by atoms with Crippen LogP contribution in [0.4, 0.5) is 0 Å². The van der Waals surface area contributed by atoms with Crippen LogP contribution in [-0.4, -0.2) is 25.8 Å². The van der Waals surface area contributed by atoms with Crippen molar-refractivity contribution in [2.45, 2.75) is 57.5 Å². The van der Waals surface area contributed by atoms with Gasteiger partial charge in [0.1, 0.15) is 0 Å². The fourth-order valence-corrected chi connectivity index (χ4v) is 2.87. The van der Waals surface area contributed by atoms with Crippen LogP contribution in [0.15, 0.2) is 0 Å². The van der Waals surface area contributed by atoms with Crippen LogP contribution in [0, 0.1) is 5.92 Å². The molecule has 1 aliphatic heterocycles. The standard InChI is InChI=1S/C13H25NO/c1-2-5-12(4-1)7-9-14-10-8-13-6-3-11-15-13/h12-14H,1-11H2. The molecule has 2 heteroatoms. The predicted molar refractivity (Wildman–Crippen MR) is 63.0 cm³/mol. The molecule has 88 valence electrons. The molecule has 0 bridgehead atoms. The van der Waals surface area contributed by atoms with Crippen molar-refractivity contribution < 1.29 is 4.74 Å². The van der Waals surface area contributed by atoms with Gasteiger partial charge in [-0.3, -0.25) is 0 Å². The third kappa shape index (κ3) is 4.12. The van der Waals surface area contributed by atoms with Crippen molar-refractivity contribution in [1.29, 1.82) is 0 Å². The Morgan fingerprint density at radius 1 is 0.933 bits per heavy atom. The second-order valence-electron chi connectivity index (χ2n) is 5.11. The molecule has 0 amide bonds. The average Bonchev–Trinajstić information content (AvgIpc) is 2.88. The predicted octanol–water partition coefficient (Wildman–Crippen LogP) is 2.73. The van der Waals surface area contributed by atoms with E-state index in [9.17, 15) is 0 Å². The normalized spacial score (nSPS) is 27.6. The first-order valence-corrected chi connectivity index (χ1v) is 6.77. The van der Waals surface area contributed by atoms with Crippen LogP contribution in [0.1, 0.15) is 51.4 Å². The zero-order valence-corrected chi connectivity index (χ0v) is 9.84. The maximum atomic E-state index is 5.59. The van der Waals surface area contributed by atoms with E-state index in [-0.39, 0.29) is 0 Å². The molecule has 0 aromatic rings. The second kappa shape index (κ2) is 6.49. The number of hydrogen-bond donors (Lipinski definition) is 1. The van der Waals surface area contributed by atoms with E-state index in [2.05, 4.69) is 5.32 Å². The molecule has 2 aliphatic rings. The molecule has 0 aromatic carbocycles. The van der Waals surface area contributed by atoms with Crippen molar-refractivity contribution in [3.05, 3.63) is 0 Å². The monoisotopic (exact) mass is 211 g/mol. The summed E-state index contributed by atoms with van der Waals surface area (Å²) in [4.78, 5) is 0. The zero-order chi connectivity index (χ0) is 10.3. The summed E-state index contributed by atoms with van der Waals surface area (Å²) >= 11 is 0. The van der Waals surface area contributed by atoms with Gasteiger partial charge >= 0.3 is 0 Å². The zero-order valence-electron chi connectivity index (χ0n) is 9.84. The third-order valence-electron chi connectivity index (χ3n) is 3.87. The minimum atomic E-state index is 0.559. The summed E-state index contributed by atoms with van der Waals surface area (Å²) in [6.45, 7) is 3.36. The first-order valence-electron chi connectivity index (χ1n) is 6.77. The van der Waals surface area contributed by atoms with Crippen LogP contribution >= 0.6 is 0 Å². The van der Waals surface area contributed by atoms with Crippen LogP contribution in [0.2, 0.25) is 0 Å². The third-order valence-corrected chi connectivity index (χ3v) is 3.87. The van der Waals surface area contributed by atoms with Gasteiger partial charge in [-0.1, -0.05) is 25.7 Å². The van der Waals surface area contributed by atoms with Crippen molar-refractivity contribution in [1.82, 2.24) is 5.32 Å². The molecule has 1 unspecified atom stereocenters. The van der Waals surface area contributed by atoms with Gasteiger partial charge in [-0.2, -0.15) is 0 Å². The number of ether oxygens (including phenoxy) is 1. The maximum absolute atomic E-state index is 5.59. The fraction of sp³-hybridized carbons (Fsp3) is 1.00. The van der Waals surface area contributed by atoms with Gasteiger partial charge in [-0.05, 0) is 44.7 Å². The lowest BCUT2D eigenvalue weighted by atomic mass is 10.0. The summed E-state index contributed by atoms with van der Waals surface area (Å²) in [7, 11) is 0. The summed E-state index contributed by atoms with van der Waals surface area (Å²) in [6.07, 6.45) is 11.6. The van der Waals surface area contributed by atoms with E-state index in [4.69, 9.17) is 4.74 Å². The molecule has 15 heavy (non-hydrogen) atoms. The highest BCUT2D eigenvalue weighted by Crippen LogP contribution is 2.26. The first kappa shape index (κ1) is 11.4. The van der Waals surface area contributed by atoms with E-state index in [1.807, 2.05) is 0 Å². The van der Waals surface area contributed by atoms with Crippen LogP contribution < -0.4 is 5.32 Å². The molecule has 2 rings (SSSR count). The van der Waals surface area contributed by atoms with Gasteiger partial charge in [-0.15, -0.1) is 0 Å². The molecular weight excluding hydrogens is 186 g/mol. The smallest absolute Gasteiger partial charge is 0.0588 e. The highest BCUT2D eigenvalue weighted by Gasteiger charge is 2.15. The average molecular weight is 211 g/mol. The number of hydrogen-bond acceptors (Lipinski definition) is 2. The summed E-state index contributed by atoms with van der Waals surface area (Å²) in [6, 6.07) is 0. The molecule has 0 radical (unpaired) electrons. The molecule has 0 spiro atoms. The van der Waals surface area contributed by atoms with Gasteiger partial charge in [0, 0.05) is 6.61 Å². The quantitative estimate of drug-likeness (QED) is 0.682. The van der Waals surface area contributed by atoms with Crippen LogP contribution in [0.5, 0.6) is 0 Å². The van der Waals surface area contributed by atoms with E-state index >= 15 is 0 Å². The Morgan fingerprint density at radius 2 is 1.73 bits per heavy atom. The molecule has 1 heterocycles. The van der Waals surface area contributed by atoms with E-state index in [1.54, 1.807) is 0 Å². The Hall–Kier alpha value is -0.0800. The van der Waals surface area contributed by atoms with Gasteiger partial charge in [0.15, 0.2) is 0 Å². The summed E-state index contributed by atoms with van der Waals surface area (Å²) in [5.74, 6) is 1.03. The largest absolute Gasteiger partial charge is 0.378 e. The first-order chi connectivity index (χ1) is 7.45. The van der Waals surface area contributed by atoms with Gasteiger partial charge in [0.05, 0.1) is 6.10 Å². The van der Waals surface area contributed by atoms with E-state index < -0.39 is 0 Å². The molecule has 1 saturated heterocycles. The van der Waals surface area contributed by atoms with E-state index in [1.165, 1.54) is 57.9 Å². The lowest BCUT2D eigenvalue weighted by Gasteiger charge is -2.12. The molecule has 2 nitrogen and oxygen atoms in total. The summed E-state index contributed by atoms with van der Waals surface area (Å²) in [5.41, 5.74) is 0.